The molecule has 16 heavy (non-hydrogen) atoms. The third-order valence-electron chi connectivity index (χ3n) is 1.85. The van der Waals surface area contributed by atoms with Gasteiger partial charge < -0.3 is 11.1 Å². The second-order valence-electron chi connectivity index (χ2n) is 3.06. The number of hydrogen-bond donors (Lipinski definition) is 2. The van der Waals surface area contributed by atoms with Crippen LogP contribution in [0, 0.1) is 3.57 Å². The van der Waals surface area contributed by atoms with Gasteiger partial charge in [0.1, 0.15) is 5.82 Å². The average molecular weight is 391 g/mol. The van der Waals surface area contributed by atoms with Crippen molar-refractivity contribution in [2.75, 3.05) is 11.1 Å². The second kappa shape index (κ2) is 4.96. The predicted octanol–water partition coefficient (Wildman–Crippen LogP) is 3.17. The Morgan fingerprint density at radius 1 is 1.38 bits per heavy atom. The molecule has 0 atom stereocenters. The van der Waals surface area contributed by atoms with Crippen molar-refractivity contribution in [1.29, 1.82) is 0 Å². The fourth-order valence-corrected chi connectivity index (χ4v) is 2.00. The summed E-state index contributed by atoms with van der Waals surface area (Å²) in [6.45, 7) is 0. The molecule has 1 heterocycles. The molecule has 0 spiro atoms. The zero-order valence-electron chi connectivity index (χ0n) is 8.11. The van der Waals surface area contributed by atoms with E-state index in [2.05, 4.69) is 53.8 Å². The molecule has 3 N–H and O–H groups in total. The fourth-order valence-electron chi connectivity index (χ4n) is 1.17. The molecule has 6 heteroatoms. The molecule has 0 bridgehead atoms. The first-order chi connectivity index (χ1) is 7.65. The van der Waals surface area contributed by atoms with Gasteiger partial charge in [0.25, 0.3) is 0 Å². The van der Waals surface area contributed by atoms with Crippen LogP contribution in [0.25, 0.3) is 0 Å². The smallest absolute Gasteiger partial charge is 0.222 e. The zero-order valence-corrected chi connectivity index (χ0v) is 11.9. The van der Waals surface area contributed by atoms with E-state index in [1.807, 2.05) is 24.3 Å². The summed E-state index contributed by atoms with van der Waals surface area (Å²) >= 11 is 5.62. The lowest BCUT2D eigenvalue weighted by atomic mass is 10.3. The van der Waals surface area contributed by atoms with Crippen molar-refractivity contribution in [2.24, 2.45) is 0 Å². The number of aromatic nitrogens is 2. The van der Waals surface area contributed by atoms with Gasteiger partial charge in [0.05, 0.1) is 4.47 Å². The molecule has 0 amide bonds. The Labute approximate surface area is 115 Å². The monoisotopic (exact) mass is 390 g/mol. The van der Waals surface area contributed by atoms with Crippen LogP contribution in [-0.2, 0) is 0 Å². The molecule has 0 aliphatic carbocycles. The molecule has 0 unspecified atom stereocenters. The standard InChI is InChI=1S/C10H8BrIN4/c11-8-5-14-10(13)16-9(8)15-7-3-1-2-6(12)4-7/h1-5H,(H3,13,14,15,16). The Morgan fingerprint density at radius 2 is 2.19 bits per heavy atom. The number of rotatable bonds is 2. The van der Waals surface area contributed by atoms with Crippen LogP contribution in [0.2, 0.25) is 0 Å². The van der Waals surface area contributed by atoms with Gasteiger partial charge in [0.15, 0.2) is 0 Å². The first-order valence-electron chi connectivity index (χ1n) is 4.46. The van der Waals surface area contributed by atoms with E-state index < -0.39 is 0 Å². The molecule has 0 aliphatic rings. The highest BCUT2D eigenvalue weighted by atomic mass is 127. The van der Waals surface area contributed by atoms with Gasteiger partial charge in [0.2, 0.25) is 5.95 Å². The number of nitrogens with zero attached hydrogens (tertiary/aromatic N) is 2. The lowest BCUT2D eigenvalue weighted by molar-refractivity contribution is 1.17. The Hall–Kier alpha value is -0.890. The summed E-state index contributed by atoms with van der Waals surface area (Å²) in [4.78, 5) is 7.98. The minimum Gasteiger partial charge on any atom is -0.368 e. The van der Waals surface area contributed by atoms with Gasteiger partial charge >= 0.3 is 0 Å². The SMILES string of the molecule is Nc1ncc(Br)c(Nc2cccc(I)c2)n1. The highest BCUT2D eigenvalue weighted by Crippen LogP contribution is 2.24. The van der Waals surface area contributed by atoms with Crippen LogP contribution in [0.15, 0.2) is 34.9 Å². The quantitative estimate of drug-likeness (QED) is 0.773. The van der Waals surface area contributed by atoms with Crippen LogP contribution < -0.4 is 11.1 Å². The number of nitrogens with two attached hydrogens (primary N) is 1. The number of benzene rings is 1. The summed E-state index contributed by atoms with van der Waals surface area (Å²) in [6.07, 6.45) is 1.62. The first-order valence-corrected chi connectivity index (χ1v) is 6.33. The van der Waals surface area contributed by atoms with E-state index >= 15 is 0 Å². The van der Waals surface area contributed by atoms with Crippen LogP contribution in [0.3, 0.4) is 0 Å². The van der Waals surface area contributed by atoms with Gasteiger partial charge in [-0.2, -0.15) is 4.98 Å². The summed E-state index contributed by atoms with van der Waals surface area (Å²) in [7, 11) is 0. The predicted molar refractivity (Wildman–Crippen MR) is 76.6 cm³/mol. The Morgan fingerprint density at radius 3 is 2.94 bits per heavy atom. The molecular weight excluding hydrogens is 383 g/mol. The Kier molecular flexibility index (Phi) is 3.59. The second-order valence-corrected chi connectivity index (χ2v) is 5.16. The molecule has 82 valence electrons. The highest BCUT2D eigenvalue weighted by Gasteiger charge is 2.03. The topological polar surface area (TPSA) is 63.8 Å². The van der Waals surface area contributed by atoms with Gasteiger partial charge in [0, 0.05) is 15.5 Å². The molecule has 2 aromatic rings. The largest absolute Gasteiger partial charge is 0.368 e. The van der Waals surface area contributed by atoms with Gasteiger partial charge in [-0.25, -0.2) is 4.98 Å². The lowest BCUT2D eigenvalue weighted by Gasteiger charge is -2.07. The van der Waals surface area contributed by atoms with E-state index in [9.17, 15) is 0 Å². The minimum absolute atomic E-state index is 0.247. The fraction of sp³-hybridized carbons (Fsp3) is 0. The summed E-state index contributed by atoms with van der Waals surface area (Å²) in [5.74, 6) is 0.908. The van der Waals surface area contributed by atoms with Crippen LogP contribution in [0.5, 0.6) is 0 Å². The minimum atomic E-state index is 0.247. The van der Waals surface area contributed by atoms with E-state index in [4.69, 9.17) is 5.73 Å². The Balaban J connectivity index is 2.30. The van der Waals surface area contributed by atoms with E-state index in [0.29, 0.717) is 5.82 Å². The normalized spacial score (nSPS) is 10.1. The maximum Gasteiger partial charge on any atom is 0.222 e. The maximum atomic E-state index is 5.53. The Bertz CT molecular complexity index is 518. The van der Waals surface area contributed by atoms with Crippen LogP contribution in [0.4, 0.5) is 17.5 Å². The van der Waals surface area contributed by atoms with Gasteiger partial charge in [-0.1, -0.05) is 6.07 Å². The molecule has 0 saturated heterocycles. The maximum absolute atomic E-state index is 5.53. The zero-order chi connectivity index (χ0) is 11.5. The van der Waals surface area contributed by atoms with E-state index in [1.54, 1.807) is 6.20 Å². The van der Waals surface area contributed by atoms with Crippen molar-refractivity contribution in [2.45, 2.75) is 0 Å². The van der Waals surface area contributed by atoms with E-state index in [-0.39, 0.29) is 5.95 Å². The van der Waals surface area contributed by atoms with Gasteiger partial charge in [-0.15, -0.1) is 0 Å². The number of anilines is 3. The molecule has 4 nitrogen and oxygen atoms in total. The third-order valence-corrected chi connectivity index (χ3v) is 3.10. The number of nitrogen functional groups attached to an aromatic ring is 1. The average Bonchev–Trinajstić information content (AvgIpc) is 2.24. The molecule has 1 aromatic heterocycles. The lowest BCUT2D eigenvalue weighted by Crippen LogP contribution is -2.00. The molecule has 0 fully saturated rings. The third kappa shape index (κ3) is 2.82. The summed E-state index contributed by atoms with van der Waals surface area (Å²) < 4.78 is 1.93. The van der Waals surface area contributed by atoms with Crippen molar-refractivity contribution in [3.05, 3.63) is 38.5 Å². The van der Waals surface area contributed by atoms with Crippen molar-refractivity contribution in [3.8, 4) is 0 Å². The molecule has 0 saturated carbocycles. The van der Waals surface area contributed by atoms with E-state index in [1.165, 1.54) is 0 Å². The molecule has 2 rings (SSSR count). The van der Waals surface area contributed by atoms with Crippen LogP contribution >= 0.6 is 38.5 Å². The van der Waals surface area contributed by atoms with Gasteiger partial charge in [-0.05, 0) is 56.7 Å². The van der Waals surface area contributed by atoms with Crippen molar-refractivity contribution in [1.82, 2.24) is 9.97 Å². The molecular formula is C10H8BrIN4. The molecule has 1 aromatic carbocycles. The summed E-state index contributed by atoms with van der Waals surface area (Å²) in [6, 6.07) is 7.98. The number of nitrogens with one attached hydrogen (secondary N) is 1. The molecule has 0 radical (unpaired) electrons. The first kappa shape index (κ1) is 11.6. The van der Waals surface area contributed by atoms with Gasteiger partial charge in [-0.3, -0.25) is 0 Å². The summed E-state index contributed by atoms with van der Waals surface area (Å²) in [5, 5.41) is 3.17. The molecule has 0 aliphatic heterocycles. The van der Waals surface area contributed by atoms with Crippen molar-refractivity contribution in [3.63, 3.8) is 0 Å². The van der Waals surface area contributed by atoms with Crippen LogP contribution in [-0.4, -0.2) is 9.97 Å². The van der Waals surface area contributed by atoms with Crippen molar-refractivity contribution >= 4 is 56.0 Å². The number of hydrogen-bond acceptors (Lipinski definition) is 4. The highest BCUT2D eigenvalue weighted by molar-refractivity contribution is 14.1. The van der Waals surface area contributed by atoms with Crippen LogP contribution in [0.1, 0.15) is 0 Å². The summed E-state index contributed by atoms with van der Waals surface area (Å²) in [5.41, 5.74) is 6.49. The number of halogens is 2. The van der Waals surface area contributed by atoms with E-state index in [0.717, 1.165) is 13.7 Å². The van der Waals surface area contributed by atoms with Crippen molar-refractivity contribution < 1.29 is 0 Å².